The summed E-state index contributed by atoms with van der Waals surface area (Å²) in [4.78, 5) is 11.7. The summed E-state index contributed by atoms with van der Waals surface area (Å²) in [7, 11) is -2.29. The van der Waals surface area contributed by atoms with E-state index in [1.807, 2.05) is 0 Å². The molecule has 1 aromatic carbocycles. The quantitative estimate of drug-likeness (QED) is 0.485. The lowest BCUT2D eigenvalue weighted by molar-refractivity contribution is -0.134. The fourth-order valence-corrected chi connectivity index (χ4v) is 4.37. The van der Waals surface area contributed by atoms with E-state index in [2.05, 4.69) is 0 Å². The van der Waals surface area contributed by atoms with Crippen molar-refractivity contribution in [1.29, 1.82) is 0 Å². The number of hydrogen-bond acceptors (Lipinski definition) is 5. The van der Waals surface area contributed by atoms with Gasteiger partial charge in [-0.2, -0.15) is 0 Å². The molecule has 7 nitrogen and oxygen atoms in total. The average Bonchev–Trinajstić information content (AvgIpc) is 2.53. The summed E-state index contributed by atoms with van der Waals surface area (Å²) in [5, 5.41) is 9.40. The van der Waals surface area contributed by atoms with Gasteiger partial charge in [0.1, 0.15) is 11.4 Å². The van der Waals surface area contributed by atoms with Crippen LogP contribution in [0.2, 0.25) is 5.02 Å². The molecule has 0 aromatic heterocycles. The molecule has 1 atom stereocenters. The lowest BCUT2D eigenvalue weighted by Crippen LogP contribution is -2.46. The summed E-state index contributed by atoms with van der Waals surface area (Å²) in [5.41, 5.74) is 0.733. The monoisotopic (exact) mass is 406 g/mol. The summed E-state index contributed by atoms with van der Waals surface area (Å²) < 4.78 is 32.3. The molecule has 26 heavy (non-hydrogen) atoms. The second kappa shape index (κ2) is 9.03. The van der Waals surface area contributed by atoms with E-state index >= 15 is 0 Å². The van der Waals surface area contributed by atoms with Gasteiger partial charge in [-0.25, -0.2) is 18.2 Å². The lowest BCUT2D eigenvalue weighted by atomic mass is 9.97. The highest BCUT2D eigenvalue weighted by atomic mass is 35.5. The Bertz CT molecular complexity index is 704. The molecule has 0 aliphatic rings. The first-order chi connectivity index (χ1) is 11.9. The second-order valence-corrected chi connectivity index (χ2v) is 9.73. The summed E-state index contributed by atoms with van der Waals surface area (Å²) in [6, 6.07) is 6.79. The zero-order valence-electron chi connectivity index (χ0n) is 15.7. The smallest absolute Gasteiger partial charge is 0.247 e. The Labute approximate surface area is 160 Å². The first-order valence-corrected chi connectivity index (χ1v) is 10.2. The van der Waals surface area contributed by atoms with Crippen LogP contribution in [0.3, 0.4) is 0 Å². The molecule has 1 unspecified atom stereocenters. The Balaban J connectivity index is 2.83. The van der Waals surface area contributed by atoms with Gasteiger partial charge in [0.15, 0.2) is 0 Å². The van der Waals surface area contributed by atoms with Crippen molar-refractivity contribution in [3.8, 4) is 5.75 Å². The van der Waals surface area contributed by atoms with Gasteiger partial charge in [0.05, 0.1) is 18.2 Å². The van der Waals surface area contributed by atoms with Gasteiger partial charge in [-0.05, 0) is 44.0 Å². The van der Waals surface area contributed by atoms with E-state index in [1.165, 1.54) is 16.8 Å². The minimum Gasteiger partial charge on any atom is -0.486 e. The highest BCUT2D eigenvalue weighted by Crippen LogP contribution is 2.23. The maximum atomic E-state index is 12.6. The minimum absolute atomic E-state index is 0.0868. The number of rotatable bonds is 9. The molecule has 0 fully saturated rings. The van der Waals surface area contributed by atoms with Crippen LogP contribution in [-0.4, -0.2) is 48.8 Å². The van der Waals surface area contributed by atoms with E-state index in [1.54, 1.807) is 52.0 Å². The number of nitrogens with one attached hydrogen (secondary N) is 1. The average molecular weight is 407 g/mol. The van der Waals surface area contributed by atoms with Crippen LogP contribution in [0.5, 0.6) is 5.75 Å². The molecular formula is C17H27ClN2O5S. The Morgan fingerprint density at radius 1 is 1.31 bits per heavy atom. The molecule has 1 aromatic rings. The Morgan fingerprint density at radius 2 is 1.85 bits per heavy atom. The number of carbonyl (C=O) groups excluding carboxylic acids is 1. The van der Waals surface area contributed by atoms with Crippen molar-refractivity contribution < 1.29 is 23.2 Å². The number of benzene rings is 1. The lowest BCUT2D eigenvalue weighted by Gasteiger charge is -2.31. The molecule has 0 spiro atoms. The maximum absolute atomic E-state index is 12.6. The Hall–Kier alpha value is -1.35. The number of carbonyl (C=O) groups is 1. The zero-order chi connectivity index (χ0) is 20.1. The van der Waals surface area contributed by atoms with Crippen molar-refractivity contribution in [2.24, 2.45) is 11.8 Å². The van der Waals surface area contributed by atoms with Crippen molar-refractivity contribution in [3.63, 3.8) is 0 Å². The van der Waals surface area contributed by atoms with E-state index in [4.69, 9.17) is 21.5 Å². The van der Waals surface area contributed by atoms with Crippen LogP contribution in [0, 0.1) is 11.8 Å². The van der Waals surface area contributed by atoms with Gasteiger partial charge in [0.2, 0.25) is 15.9 Å². The molecule has 0 radical (unpaired) electrons. The Morgan fingerprint density at radius 3 is 2.31 bits per heavy atom. The third kappa shape index (κ3) is 6.75. The zero-order valence-corrected chi connectivity index (χ0v) is 17.3. The third-order valence-electron chi connectivity index (χ3n) is 3.93. The first kappa shape index (κ1) is 22.7. The van der Waals surface area contributed by atoms with Crippen LogP contribution >= 0.6 is 11.6 Å². The maximum Gasteiger partial charge on any atom is 0.247 e. The predicted octanol–water partition coefficient (Wildman–Crippen LogP) is 2.54. The molecule has 148 valence electrons. The van der Waals surface area contributed by atoms with Gasteiger partial charge in [-0.3, -0.25) is 10.0 Å². The highest BCUT2D eigenvalue weighted by Gasteiger charge is 2.33. The van der Waals surface area contributed by atoms with Crippen molar-refractivity contribution in [3.05, 3.63) is 29.3 Å². The van der Waals surface area contributed by atoms with Crippen LogP contribution in [0.4, 0.5) is 0 Å². The molecule has 9 heteroatoms. The van der Waals surface area contributed by atoms with Gasteiger partial charge in [0.25, 0.3) is 0 Å². The van der Waals surface area contributed by atoms with Crippen LogP contribution < -0.4 is 10.2 Å². The van der Waals surface area contributed by atoms with Crippen LogP contribution in [0.15, 0.2) is 24.3 Å². The predicted molar refractivity (Wildman–Crippen MR) is 101 cm³/mol. The van der Waals surface area contributed by atoms with E-state index in [0.717, 1.165) is 0 Å². The van der Waals surface area contributed by atoms with Crippen LogP contribution in [0.1, 0.15) is 27.7 Å². The van der Waals surface area contributed by atoms with Crippen LogP contribution in [0.25, 0.3) is 0 Å². The molecule has 0 aliphatic carbocycles. The normalized spacial score (nSPS) is 13.7. The number of ether oxygens (including phenoxy) is 1. The van der Waals surface area contributed by atoms with E-state index in [0.29, 0.717) is 10.8 Å². The summed E-state index contributed by atoms with van der Waals surface area (Å²) in [5.74, 6) is -1.64. The fraction of sp³-hybridized carbons (Fsp3) is 0.588. The molecule has 0 bridgehead atoms. The topological polar surface area (TPSA) is 95.9 Å². The van der Waals surface area contributed by atoms with Crippen LogP contribution in [-0.2, 0) is 14.8 Å². The molecule has 1 rings (SSSR count). The number of hydroxylamine groups is 1. The second-order valence-electron chi connectivity index (χ2n) is 7.18. The molecule has 0 saturated heterocycles. The molecule has 1 amide bonds. The van der Waals surface area contributed by atoms with Gasteiger partial charge >= 0.3 is 0 Å². The van der Waals surface area contributed by atoms with Gasteiger partial charge in [0, 0.05) is 12.1 Å². The van der Waals surface area contributed by atoms with Crippen molar-refractivity contribution in [1.82, 2.24) is 9.79 Å². The number of amides is 1. The first-order valence-electron chi connectivity index (χ1n) is 8.20. The molecule has 0 heterocycles. The van der Waals surface area contributed by atoms with Gasteiger partial charge in [-0.15, -0.1) is 0 Å². The SMILES string of the molecule is CC(C)C(CS(=O)(=O)N(C)CC(C)(C)Oc1ccc(Cl)cc1)C(=O)NO. The number of hydrogen-bond donors (Lipinski definition) is 2. The van der Waals surface area contributed by atoms with E-state index in [9.17, 15) is 13.2 Å². The molecule has 0 aliphatic heterocycles. The minimum atomic E-state index is -3.73. The largest absolute Gasteiger partial charge is 0.486 e. The molecule has 2 N–H and O–H groups in total. The number of halogens is 1. The fourth-order valence-electron chi connectivity index (χ4n) is 2.50. The number of nitrogens with zero attached hydrogens (tertiary/aromatic N) is 1. The van der Waals surface area contributed by atoms with E-state index in [-0.39, 0.29) is 12.5 Å². The molecule has 0 saturated carbocycles. The van der Waals surface area contributed by atoms with E-state index < -0.39 is 33.2 Å². The standard InChI is InChI=1S/C17H27ClN2O5S/c1-12(2)15(16(21)19-22)10-26(23,24)20(5)11-17(3,4)25-14-8-6-13(18)7-9-14/h6-9,12,15,22H,10-11H2,1-5H3,(H,19,21). The summed E-state index contributed by atoms with van der Waals surface area (Å²) >= 11 is 5.84. The third-order valence-corrected chi connectivity index (χ3v) is 6.04. The van der Waals surface area contributed by atoms with Crippen molar-refractivity contribution in [2.75, 3.05) is 19.3 Å². The van der Waals surface area contributed by atoms with Gasteiger partial charge in [-0.1, -0.05) is 25.4 Å². The van der Waals surface area contributed by atoms with Gasteiger partial charge < -0.3 is 4.74 Å². The Kier molecular flexibility index (Phi) is 7.88. The summed E-state index contributed by atoms with van der Waals surface area (Å²) in [6.07, 6.45) is 0. The number of sulfonamides is 1. The molecular weight excluding hydrogens is 380 g/mol. The summed E-state index contributed by atoms with van der Waals surface area (Å²) in [6.45, 7) is 7.08. The highest BCUT2D eigenvalue weighted by molar-refractivity contribution is 7.89. The van der Waals surface area contributed by atoms with Crippen molar-refractivity contribution in [2.45, 2.75) is 33.3 Å². The number of likely N-dealkylation sites (N-methyl/N-ethyl adjacent to an activating group) is 1. The van der Waals surface area contributed by atoms with Crippen molar-refractivity contribution >= 4 is 27.5 Å².